The monoisotopic (exact) mass is 456 g/mol. The number of aliphatic hydroxyl groups excluding tert-OH is 1. The van der Waals surface area contributed by atoms with Crippen LogP contribution in [0.3, 0.4) is 0 Å². The van der Waals surface area contributed by atoms with Crippen molar-refractivity contribution in [1.82, 2.24) is 0 Å². The second kappa shape index (κ2) is 7.11. The van der Waals surface area contributed by atoms with E-state index in [1.807, 2.05) is 0 Å². The molecule has 0 aromatic heterocycles. The highest BCUT2D eigenvalue weighted by Crippen LogP contribution is 2.77. The van der Waals surface area contributed by atoms with Crippen molar-refractivity contribution in [2.45, 2.75) is 112 Å². The highest BCUT2D eigenvalue weighted by atomic mass is 16.4. The van der Waals surface area contributed by atoms with Crippen LogP contribution in [0, 0.1) is 56.7 Å². The molecular formula is C30H48O3. The Morgan fingerprint density at radius 2 is 1.52 bits per heavy atom. The molecule has 5 aliphatic carbocycles. The minimum atomic E-state index is -0.538. The number of aliphatic hydroxyl groups is 1. The number of carboxylic acid groups (broad SMARTS) is 1. The van der Waals surface area contributed by atoms with Gasteiger partial charge >= 0.3 is 5.97 Å². The largest absolute Gasteiger partial charge is 0.481 e. The van der Waals surface area contributed by atoms with Crippen molar-refractivity contribution in [3.8, 4) is 0 Å². The number of rotatable bonds is 2. The molecule has 0 amide bonds. The standard InChI is InChI=1S/C30H48O3/c1-18(2)19-10-15-30(25(32)33)17-16-28(6)20(24(19)30)8-9-22-27(5)13-12-23(31)26(3,4)21(27)11-14-29(22,28)7/h19-24,31H,1,8-17H2,2-7H3,(H,32,33)/t19-,20+,21-,22+,23-,24+,27+,28-,29-,30+/m1/s1. The summed E-state index contributed by atoms with van der Waals surface area (Å²) in [4.78, 5) is 12.8. The van der Waals surface area contributed by atoms with E-state index < -0.39 is 11.4 Å². The summed E-state index contributed by atoms with van der Waals surface area (Å²) in [6.45, 7) is 18.8. The van der Waals surface area contributed by atoms with Crippen LogP contribution in [0.1, 0.15) is 106 Å². The Balaban J connectivity index is 1.57. The lowest BCUT2D eigenvalue weighted by Crippen LogP contribution is -2.67. The molecule has 0 saturated heterocycles. The number of allylic oxidation sites excluding steroid dienone is 1. The zero-order chi connectivity index (χ0) is 24.2. The van der Waals surface area contributed by atoms with Crippen LogP contribution in [0.25, 0.3) is 0 Å². The van der Waals surface area contributed by atoms with E-state index in [4.69, 9.17) is 0 Å². The molecule has 0 spiro atoms. The van der Waals surface area contributed by atoms with Gasteiger partial charge in [0.25, 0.3) is 0 Å². The molecule has 10 atom stereocenters. The Morgan fingerprint density at radius 1 is 0.818 bits per heavy atom. The summed E-state index contributed by atoms with van der Waals surface area (Å²) in [5.74, 6) is 1.79. The van der Waals surface area contributed by atoms with Crippen molar-refractivity contribution in [3.63, 3.8) is 0 Å². The summed E-state index contributed by atoms with van der Waals surface area (Å²) in [5.41, 5.74) is 1.35. The first-order valence-corrected chi connectivity index (χ1v) is 13.8. The van der Waals surface area contributed by atoms with Crippen molar-refractivity contribution in [2.24, 2.45) is 56.7 Å². The molecular weight excluding hydrogens is 408 g/mol. The number of carbonyl (C=O) groups is 1. The van der Waals surface area contributed by atoms with Crippen molar-refractivity contribution in [2.75, 3.05) is 0 Å². The summed E-state index contributed by atoms with van der Waals surface area (Å²) >= 11 is 0. The van der Waals surface area contributed by atoms with E-state index in [0.717, 1.165) is 38.5 Å². The second-order valence-corrected chi connectivity index (χ2v) is 14.5. The average molecular weight is 457 g/mol. The van der Waals surface area contributed by atoms with Gasteiger partial charge in [-0.25, -0.2) is 0 Å². The molecule has 5 aliphatic rings. The molecule has 0 radical (unpaired) electrons. The molecule has 2 N–H and O–H groups in total. The van der Waals surface area contributed by atoms with E-state index in [2.05, 4.69) is 48.1 Å². The Hall–Kier alpha value is -0.830. The zero-order valence-electron chi connectivity index (χ0n) is 22.0. The summed E-state index contributed by atoms with van der Waals surface area (Å²) in [5, 5.41) is 21.4. The van der Waals surface area contributed by atoms with E-state index in [1.54, 1.807) is 0 Å². The maximum Gasteiger partial charge on any atom is 0.309 e. The van der Waals surface area contributed by atoms with Gasteiger partial charge in [-0.15, -0.1) is 0 Å². The molecule has 5 fully saturated rings. The molecule has 5 rings (SSSR count). The number of hydrogen-bond donors (Lipinski definition) is 2. The predicted octanol–water partition coefficient (Wildman–Crippen LogP) is 7.09. The van der Waals surface area contributed by atoms with Crippen molar-refractivity contribution in [1.29, 1.82) is 0 Å². The third-order valence-corrected chi connectivity index (χ3v) is 13.5. The first-order chi connectivity index (χ1) is 15.3. The summed E-state index contributed by atoms with van der Waals surface area (Å²) < 4.78 is 0. The van der Waals surface area contributed by atoms with E-state index >= 15 is 0 Å². The SMILES string of the molecule is C=C(C)[C@H]1CC[C@]2(C(=O)O)CC[C@]3(C)[C@@H](CC[C@H]4[C@@]5(C)CC[C@@H](O)C(C)(C)[C@H]5CC[C@]43C)[C@H]12. The molecule has 0 unspecified atom stereocenters. The van der Waals surface area contributed by atoms with Gasteiger partial charge in [-0.05, 0) is 122 Å². The van der Waals surface area contributed by atoms with Gasteiger partial charge < -0.3 is 10.2 Å². The average Bonchev–Trinajstić information content (AvgIpc) is 3.13. The minimum absolute atomic E-state index is 0.0202. The van der Waals surface area contributed by atoms with Crippen LogP contribution in [-0.2, 0) is 4.79 Å². The minimum Gasteiger partial charge on any atom is -0.481 e. The quantitative estimate of drug-likeness (QED) is 0.436. The van der Waals surface area contributed by atoms with Gasteiger partial charge in [0.1, 0.15) is 0 Å². The number of fused-ring (bicyclic) bond motifs is 7. The third kappa shape index (κ3) is 2.75. The van der Waals surface area contributed by atoms with Crippen LogP contribution in [0.15, 0.2) is 12.2 Å². The molecule has 5 saturated carbocycles. The summed E-state index contributed by atoms with van der Waals surface area (Å²) in [6, 6.07) is 0. The van der Waals surface area contributed by atoms with Crippen LogP contribution in [0.2, 0.25) is 0 Å². The van der Waals surface area contributed by atoms with Crippen LogP contribution < -0.4 is 0 Å². The second-order valence-electron chi connectivity index (χ2n) is 14.5. The van der Waals surface area contributed by atoms with E-state index in [-0.39, 0.29) is 33.7 Å². The van der Waals surface area contributed by atoms with Crippen LogP contribution >= 0.6 is 0 Å². The van der Waals surface area contributed by atoms with Crippen molar-refractivity contribution in [3.05, 3.63) is 12.2 Å². The molecule has 186 valence electrons. The van der Waals surface area contributed by atoms with Crippen LogP contribution in [-0.4, -0.2) is 22.3 Å². The normalized spacial score (nSPS) is 55.0. The number of hydrogen-bond acceptors (Lipinski definition) is 2. The molecule has 3 heteroatoms. The lowest BCUT2D eigenvalue weighted by Gasteiger charge is -2.72. The Morgan fingerprint density at radius 3 is 2.15 bits per heavy atom. The first-order valence-electron chi connectivity index (χ1n) is 13.8. The topological polar surface area (TPSA) is 57.5 Å². The fourth-order valence-corrected chi connectivity index (χ4v) is 11.5. The number of aliphatic carboxylic acids is 1. The summed E-state index contributed by atoms with van der Waals surface area (Å²) in [7, 11) is 0. The Bertz CT molecular complexity index is 861. The maximum atomic E-state index is 12.8. The van der Waals surface area contributed by atoms with Gasteiger partial charge in [0.15, 0.2) is 0 Å². The molecule has 33 heavy (non-hydrogen) atoms. The van der Waals surface area contributed by atoms with Gasteiger partial charge in [-0.2, -0.15) is 0 Å². The highest BCUT2D eigenvalue weighted by molar-refractivity contribution is 5.76. The smallest absolute Gasteiger partial charge is 0.309 e. The summed E-state index contributed by atoms with van der Waals surface area (Å²) in [6.07, 6.45) is 10.5. The number of carboxylic acids is 1. The maximum absolute atomic E-state index is 12.8. The lowest BCUT2D eigenvalue weighted by atomic mass is 9.32. The fourth-order valence-electron chi connectivity index (χ4n) is 11.5. The van der Waals surface area contributed by atoms with Gasteiger partial charge in [0.05, 0.1) is 11.5 Å². The predicted molar refractivity (Wildman–Crippen MR) is 133 cm³/mol. The Labute approximate surface area is 201 Å². The molecule has 0 aromatic rings. The van der Waals surface area contributed by atoms with Gasteiger partial charge in [0.2, 0.25) is 0 Å². The van der Waals surface area contributed by atoms with E-state index in [9.17, 15) is 15.0 Å². The lowest BCUT2D eigenvalue weighted by molar-refractivity contribution is -0.248. The van der Waals surface area contributed by atoms with Gasteiger partial charge in [-0.3, -0.25) is 4.79 Å². The zero-order valence-corrected chi connectivity index (χ0v) is 22.0. The first kappa shape index (κ1) is 23.9. The van der Waals surface area contributed by atoms with Crippen molar-refractivity contribution >= 4 is 5.97 Å². The molecule has 0 aliphatic heterocycles. The molecule has 0 aromatic carbocycles. The third-order valence-electron chi connectivity index (χ3n) is 13.5. The van der Waals surface area contributed by atoms with Crippen LogP contribution in [0.5, 0.6) is 0 Å². The molecule has 0 heterocycles. The van der Waals surface area contributed by atoms with E-state index in [1.165, 1.54) is 31.3 Å². The molecule has 0 bridgehead atoms. The van der Waals surface area contributed by atoms with E-state index in [0.29, 0.717) is 23.7 Å². The van der Waals surface area contributed by atoms with Gasteiger partial charge in [-0.1, -0.05) is 46.8 Å². The molecule has 3 nitrogen and oxygen atoms in total. The van der Waals surface area contributed by atoms with Crippen molar-refractivity contribution < 1.29 is 15.0 Å². The fraction of sp³-hybridized carbons (Fsp3) is 0.900. The van der Waals surface area contributed by atoms with Gasteiger partial charge in [0, 0.05) is 0 Å². The highest BCUT2D eigenvalue weighted by Gasteiger charge is 2.71. The Kier molecular flexibility index (Phi) is 5.15. The van der Waals surface area contributed by atoms with Crippen LogP contribution in [0.4, 0.5) is 0 Å².